The first-order chi connectivity index (χ1) is 14.9. The first-order valence-corrected chi connectivity index (χ1v) is 10.3. The van der Waals surface area contributed by atoms with Crippen LogP contribution in [0.4, 0.5) is 10.5 Å². The normalized spacial score (nSPS) is 12.4. The summed E-state index contributed by atoms with van der Waals surface area (Å²) in [5.74, 6) is -0.624. The molecular formula is C23H28N4O4. The summed E-state index contributed by atoms with van der Waals surface area (Å²) >= 11 is 0. The molecule has 0 atom stereocenters. The molecule has 0 fully saturated rings. The minimum Gasteiger partial charge on any atom is -0.383 e. The number of methoxy groups -OCH3 is 1. The summed E-state index contributed by atoms with van der Waals surface area (Å²) < 4.78 is 5.19. The molecule has 4 amide bonds. The number of benzene rings is 2. The monoisotopic (exact) mass is 424 g/mol. The lowest BCUT2D eigenvalue weighted by Crippen LogP contribution is -2.42. The first-order valence-electron chi connectivity index (χ1n) is 10.3. The second kappa shape index (κ2) is 10.1. The van der Waals surface area contributed by atoms with Crippen molar-refractivity contribution in [2.45, 2.75) is 26.4 Å². The molecule has 1 heterocycles. The van der Waals surface area contributed by atoms with Crippen molar-refractivity contribution in [1.29, 1.82) is 0 Å². The van der Waals surface area contributed by atoms with E-state index in [1.807, 2.05) is 13.0 Å². The van der Waals surface area contributed by atoms with E-state index in [2.05, 4.69) is 5.32 Å². The van der Waals surface area contributed by atoms with Gasteiger partial charge in [0.15, 0.2) is 0 Å². The number of fused-ring (bicyclic) bond motifs is 1. The lowest BCUT2D eigenvalue weighted by atomic mass is 10.1. The van der Waals surface area contributed by atoms with Gasteiger partial charge in [0, 0.05) is 43.6 Å². The Morgan fingerprint density at radius 3 is 2.39 bits per heavy atom. The molecule has 2 aromatic carbocycles. The van der Waals surface area contributed by atoms with Crippen LogP contribution in [-0.2, 0) is 17.8 Å². The summed E-state index contributed by atoms with van der Waals surface area (Å²) in [4.78, 5) is 40.3. The topological polar surface area (TPSA) is 105 Å². The quantitative estimate of drug-likeness (QED) is 0.679. The van der Waals surface area contributed by atoms with E-state index in [0.717, 1.165) is 17.5 Å². The van der Waals surface area contributed by atoms with E-state index in [9.17, 15) is 14.4 Å². The number of carbonyl (C=O) groups excluding carboxylic acids is 3. The highest BCUT2D eigenvalue weighted by Gasteiger charge is 2.28. The van der Waals surface area contributed by atoms with E-state index < -0.39 is 5.91 Å². The number of carbonyl (C=O) groups is 3. The van der Waals surface area contributed by atoms with Gasteiger partial charge in [0.05, 0.1) is 13.2 Å². The molecule has 0 saturated heterocycles. The lowest BCUT2D eigenvalue weighted by molar-refractivity contribution is 0.0952. The van der Waals surface area contributed by atoms with Crippen LogP contribution < -0.4 is 16.0 Å². The molecule has 0 aliphatic carbocycles. The fourth-order valence-electron chi connectivity index (χ4n) is 3.50. The number of hydrogen-bond acceptors (Lipinski definition) is 4. The molecule has 1 aliphatic heterocycles. The Balaban J connectivity index is 1.77. The highest BCUT2D eigenvalue weighted by molar-refractivity contribution is 5.96. The fraction of sp³-hybridized carbons (Fsp3) is 0.348. The molecule has 0 bridgehead atoms. The van der Waals surface area contributed by atoms with Gasteiger partial charge in [-0.1, -0.05) is 13.0 Å². The molecule has 3 rings (SSSR count). The highest BCUT2D eigenvalue weighted by Crippen LogP contribution is 2.26. The van der Waals surface area contributed by atoms with Crippen molar-refractivity contribution in [1.82, 2.24) is 10.2 Å². The minimum atomic E-state index is -0.489. The van der Waals surface area contributed by atoms with Gasteiger partial charge in [0.2, 0.25) is 5.91 Å². The van der Waals surface area contributed by atoms with Crippen molar-refractivity contribution in [3.63, 3.8) is 0 Å². The number of nitrogens with zero attached hydrogens (tertiary/aromatic N) is 2. The molecule has 8 heteroatoms. The number of urea groups is 1. The van der Waals surface area contributed by atoms with Gasteiger partial charge in [0.25, 0.3) is 5.91 Å². The summed E-state index contributed by atoms with van der Waals surface area (Å²) in [6, 6.07) is 12.1. The summed E-state index contributed by atoms with van der Waals surface area (Å²) in [6.45, 7) is 4.21. The minimum absolute atomic E-state index is 0.136. The van der Waals surface area contributed by atoms with Crippen LogP contribution in [0, 0.1) is 0 Å². The van der Waals surface area contributed by atoms with Crippen LogP contribution in [0.2, 0.25) is 0 Å². The molecule has 8 nitrogen and oxygen atoms in total. The van der Waals surface area contributed by atoms with E-state index in [0.29, 0.717) is 49.6 Å². The van der Waals surface area contributed by atoms with Gasteiger partial charge in [-0.05, 0) is 53.9 Å². The molecule has 31 heavy (non-hydrogen) atoms. The Hall–Kier alpha value is -3.39. The predicted octanol–water partition coefficient (Wildman–Crippen LogP) is 2.51. The Kier molecular flexibility index (Phi) is 7.25. The van der Waals surface area contributed by atoms with E-state index in [-0.39, 0.29) is 11.9 Å². The second-order valence-corrected chi connectivity index (χ2v) is 7.43. The molecule has 0 unspecified atom stereocenters. The lowest BCUT2D eigenvalue weighted by Gasteiger charge is -2.28. The fourth-order valence-corrected chi connectivity index (χ4v) is 3.50. The van der Waals surface area contributed by atoms with E-state index in [1.54, 1.807) is 53.3 Å². The Morgan fingerprint density at radius 2 is 1.74 bits per heavy atom. The largest absolute Gasteiger partial charge is 0.383 e. The number of ether oxygens (including phenoxy) is 1. The third-order valence-electron chi connectivity index (χ3n) is 5.21. The average molecular weight is 425 g/mol. The van der Waals surface area contributed by atoms with Crippen molar-refractivity contribution < 1.29 is 19.1 Å². The van der Waals surface area contributed by atoms with Crippen molar-refractivity contribution in [2.24, 2.45) is 5.73 Å². The number of amides is 4. The number of anilines is 1. The zero-order chi connectivity index (χ0) is 22.4. The number of primary amides is 1. The second-order valence-electron chi connectivity index (χ2n) is 7.43. The van der Waals surface area contributed by atoms with Gasteiger partial charge in [-0.15, -0.1) is 0 Å². The summed E-state index contributed by atoms with van der Waals surface area (Å²) in [5, 5.41) is 2.84. The van der Waals surface area contributed by atoms with Crippen LogP contribution in [0.15, 0.2) is 42.5 Å². The third-order valence-corrected chi connectivity index (χ3v) is 5.21. The smallest absolute Gasteiger partial charge is 0.325 e. The molecule has 3 N–H and O–H groups in total. The van der Waals surface area contributed by atoms with Gasteiger partial charge in [0.1, 0.15) is 0 Å². The number of nitrogens with one attached hydrogen (secondary N) is 1. The van der Waals surface area contributed by atoms with E-state index in [1.165, 1.54) is 0 Å². The van der Waals surface area contributed by atoms with Gasteiger partial charge < -0.3 is 20.7 Å². The van der Waals surface area contributed by atoms with Crippen LogP contribution in [0.25, 0.3) is 0 Å². The van der Waals surface area contributed by atoms with Gasteiger partial charge in [-0.25, -0.2) is 4.79 Å². The third kappa shape index (κ3) is 5.21. The van der Waals surface area contributed by atoms with Crippen LogP contribution in [-0.4, -0.2) is 49.6 Å². The van der Waals surface area contributed by atoms with E-state index in [4.69, 9.17) is 10.5 Å². The molecule has 1 aliphatic rings. The summed E-state index contributed by atoms with van der Waals surface area (Å²) in [6.07, 6.45) is 0.863. The summed E-state index contributed by atoms with van der Waals surface area (Å²) in [5.41, 5.74) is 8.94. The molecule has 2 aromatic rings. The number of nitrogens with two attached hydrogens (primary N) is 1. The van der Waals surface area contributed by atoms with Crippen LogP contribution in [0.5, 0.6) is 0 Å². The van der Waals surface area contributed by atoms with E-state index >= 15 is 0 Å². The van der Waals surface area contributed by atoms with Crippen molar-refractivity contribution in [3.05, 3.63) is 64.7 Å². The van der Waals surface area contributed by atoms with Crippen LogP contribution >= 0.6 is 0 Å². The Bertz CT molecular complexity index is 959. The first kappa shape index (κ1) is 22.3. The SMILES string of the molecule is CCCNC(=O)c1ccc(N(CCOC)C(=O)N2Cc3ccc(C(N)=O)cc3C2)cc1. The molecule has 0 spiro atoms. The average Bonchev–Trinajstić information content (AvgIpc) is 3.21. The van der Waals surface area contributed by atoms with Crippen LogP contribution in [0.3, 0.4) is 0 Å². The van der Waals surface area contributed by atoms with Gasteiger partial charge in [-0.2, -0.15) is 0 Å². The van der Waals surface area contributed by atoms with Crippen molar-refractivity contribution >= 4 is 23.5 Å². The van der Waals surface area contributed by atoms with Gasteiger partial charge >= 0.3 is 6.03 Å². The molecule has 0 saturated carbocycles. The Morgan fingerprint density at radius 1 is 1.06 bits per heavy atom. The number of rotatable bonds is 8. The van der Waals surface area contributed by atoms with Gasteiger partial charge in [-0.3, -0.25) is 14.5 Å². The zero-order valence-corrected chi connectivity index (χ0v) is 17.9. The van der Waals surface area contributed by atoms with Crippen LogP contribution in [0.1, 0.15) is 45.2 Å². The highest BCUT2D eigenvalue weighted by atomic mass is 16.5. The molecule has 164 valence electrons. The molecular weight excluding hydrogens is 396 g/mol. The summed E-state index contributed by atoms with van der Waals surface area (Å²) in [7, 11) is 1.58. The maximum atomic E-state index is 13.3. The molecule has 0 radical (unpaired) electrons. The standard InChI is InChI=1S/C23H28N4O4/c1-3-10-25-22(29)16-6-8-20(9-7-16)27(11-12-31-2)23(30)26-14-18-5-4-17(21(24)28)13-19(18)15-26/h4-9,13H,3,10-12,14-15H2,1-2H3,(H2,24,28)(H,25,29). The van der Waals surface area contributed by atoms with Crippen molar-refractivity contribution in [3.8, 4) is 0 Å². The van der Waals surface area contributed by atoms with Crippen molar-refractivity contribution in [2.75, 3.05) is 31.7 Å². The maximum absolute atomic E-state index is 13.3. The number of hydrogen-bond donors (Lipinski definition) is 2. The maximum Gasteiger partial charge on any atom is 0.325 e. The Labute approximate surface area is 182 Å². The zero-order valence-electron chi connectivity index (χ0n) is 17.9. The predicted molar refractivity (Wildman–Crippen MR) is 118 cm³/mol. The molecule has 0 aromatic heterocycles.